The van der Waals surface area contributed by atoms with Crippen LogP contribution in [0.4, 0.5) is 0 Å². The number of hydrogen-bond acceptors (Lipinski definition) is 10. The Morgan fingerprint density at radius 1 is 0.544 bits per heavy atom. The number of esters is 2. The topological polar surface area (TPSA) is 94.5 Å². The van der Waals surface area contributed by atoms with Crippen LogP contribution in [-0.2, 0) is 43.4 Å². The van der Waals surface area contributed by atoms with Crippen molar-refractivity contribution in [2.75, 3.05) is 13.2 Å². The summed E-state index contributed by atoms with van der Waals surface area (Å²) in [6.45, 7) is 12.1. The molecule has 0 saturated carbocycles. The molecule has 0 amide bonds. The van der Waals surface area contributed by atoms with Crippen LogP contribution in [-0.4, -0.2) is 36.7 Å². The Bertz CT molecular complexity index is 2720. The third kappa shape index (κ3) is 13.6. The Morgan fingerprint density at radius 2 is 0.882 bits per heavy atom. The first-order valence-electron chi connectivity index (χ1n) is 21.3. The van der Waals surface area contributed by atoms with Crippen LogP contribution in [0.1, 0.15) is 88.8 Å². The van der Waals surface area contributed by atoms with Gasteiger partial charge in [-0.15, -0.1) is 46.2 Å². The molecular formula is C52H48Cl2I2N2O6S4. The monoisotopic (exact) mass is 1250 g/mol. The van der Waals surface area contributed by atoms with Crippen LogP contribution < -0.4 is 57.1 Å². The van der Waals surface area contributed by atoms with Crippen molar-refractivity contribution in [2.45, 2.75) is 74.3 Å². The molecule has 4 heterocycles. The summed E-state index contributed by atoms with van der Waals surface area (Å²) in [6, 6.07) is 26.0. The van der Waals surface area contributed by atoms with Crippen LogP contribution in [0.25, 0.3) is 11.4 Å². The molecule has 8 nitrogen and oxygen atoms in total. The second-order valence-electron chi connectivity index (χ2n) is 15.7. The van der Waals surface area contributed by atoms with E-state index in [1.54, 1.807) is 85.9 Å². The molecule has 0 aliphatic rings. The summed E-state index contributed by atoms with van der Waals surface area (Å²) < 4.78 is 16.7. The molecule has 0 atom stereocenters. The number of rotatable bonds is 18. The van der Waals surface area contributed by atoms with Gasteiger partial charge in [-0.1, -0.05) is 47.5 Å². The molecule has 0 fully saturated rings. The number of benzene rings is 3. The maximum atomic E-state index is 14.4. The molecular weight excluding hydrogens is 1200 g/mol. The molecule has 354 valence electrons. The van der Waals surface area contributed by atoms with Gasteiger partial charge < -0.3 is 57.4 Å². The lowest BCUT2D eigenvalue weighted by Gasteiger charge is -2.10. The van der Waals surface area contributed by atoms with Crippen LogP contribution in [0, 0.1) is 27.7 Å². The summed E-state index contributed by atoms with van der Waals surface area (Å²) in [5, 5.41) is 1.04. The van der Waals surface area contributed by atoms with E-state index in [0.717, 1.165) is 53.2 Å². The van der Waals surface area contributed by atoms with Crippen molar-refractivity contribution in [3.05, 3.63) is 185 Å². The molecule has 0 unspecified atom stereocenters. The lowest BCUT2D eigenvalue weighted by Crippen LogP contribution is -3.00. The van der Waals surface area contributed by atoms with E-state index < -0.39 is 11.9 Å². The summed E-state index contributed by atoms with van der Waals surface area (Å²) >= 11 is 18.4. The summed E-state index contributed by atoms with van der Waals surface area (Å²) in [4.78, 5) is 56.2. The second kappa shape index (κ2) is 25.5. The fourth-order valence-corrected chi connectivity index (χ4v) is 13.1. The van der Waals surface area contributed by atoms with Crippen molar-refractivity contribution in [2.24, 2.45) is 0 Å². The lowest BCUT2D eigenvalue weighted by atomic mass is 10.0. The maximum Gasteiger partial charge on any atom is 0.310 e. The predicted molar refractivity (Wildman–Crippen MR) is 267 cm³/mol. The average molecular weight is 1250 g/mol. The molecule has 0 bridgehead atoms. The minimum atomic E-state index is -0.416. The van der Waals surface area contributed by atoms with Gasteiger partial charge in [-0.05, 0) is 113 Å². The number of hydrogen-bond donors (Lipinski definition) is 0. The number of thioether (sulfide) groups is 2. The SMILES string of the molecule is CCOC(=O)Cc1c(C(=O)c2ccc(Cl)cc2)sc(SCc2ccccc2CSc2sc(C(=O)c3ccc(Cl)cc3)c(CC(=O)OCC)c2-[n+]2cc(C)cc(C)c2)c1-[n+]1cc(C)cc(C)c1.[I-].[I-]. The van der Waals surface area contributed by atoms with Gasteiger partial charge in [0.05, 0.1) is 46.9 Å². The van der Waals surface area contributed by atoms with E-state index in [9.17, 15) is 19.2 Å². The summed E-state index contributed by atoms with van der Waals surface area (Å²) in [5.41, 5.74) is 9.99. The van der Waals surface area contributed by atoms with E-state index in [-0.39, 0.29) is 85.6 Å². The van der Waals surface area contributed by atoms with Crippen LogP contribution in [0.3, 0.4) is 0 Å². The smallest absolute Gasteiger partial charge is 0.310 e. The number of ketones is 2. The Hall–Kier alpha value is -3.62. The molecule has 0 radical (unpaired) electrons. The van der Waals surface area contributed by atoms with Crippen molar-refractivity contribution in [1.29, 1.82) is 0 Å². The number of pyridine rings is 2. The Morgan fingerprint density at radius 3 is 1.21 bits per heavy atom. The van der Waals surface area contributed by atoms with Gasteiger partial charge in [0.25, 0.3) is 0 Å². The Balaban J connectivity index is 0.00000432. The average Bonchev–Trinajstić information content (AvgIpc) is 3.82. The summed E-state index contributed by atoms with van der Waals surface area (Å²) in [6.07, 6.45) is 7.91. The molecule has 16 heteroatoms. The number of aromatic nitrogens is 2. The highest BCUT2D eigenvalue weighted by Crippen LogP contribution is 2.43. The van der Waals surface area contributed by atoms with E-state index in [1.165, 1.54) is 22.7 Å². The number of aryl methyl sites for hydroxylation is 4. The van der Waals surface area contributed by atoms with Gasteiger partial charge in [0.15, 0.2) is 24.8 Å². The molecule has 3 aromatic carbocycles. The third-order valence-corrected chi connectivity index (χ3v) is 16.0. The van der Waals surface area contributed by atoms with Crippen LogP contribution in [0.15, 0.2) is 118 Å². The van der Waals surface area contributed by atoms with Crippen molar-refractivity contribution in [3.63, 3.8) is 0 Å². The standard InChI is InChI=1S/C52H48Cl2N2O6S4.2HI/c1-7-61-43(57)23-41-45(55-25-31(3)21-32(4)26-55)51(65-49(41)47(59)35-13-17-39(53)18-14-35)63-29-37-11-9-10-12-38(37)30-64-52-46(56-27-33(5)22-34(6)28-56)42(24-44(58)62-8-2)50(66-52)48(60)36-15-19-40(54)20-16-36;;/h9-22,25-28H,7-8,23-24,29-30H2,1-6H3;2*1H/q+2;;/p-2. The molecule has 7 aromatic rings. The van der Waals surface area contributed by atoms with Crippen LogP contribution >= 0.6 is 69.4 Å². The second-order valence-corrected chi connectivity index (χ2v) is 21.1. The number of carbonyl (C=O) groups excluding carboxylic acids is 4. The number of carbonyl (C=O) groups is 4. The normalized spacial score (nSPS) is 10.8. The quantitative estimate of drug-likeness (QED) is 0.0332. The highest BCUT2D eigenvalue weighted by Gasteiger charge is 2.34. The first kappa shape index (κ1) is 55.3. The Labute approximate surface area is 458 Å². The largest absolute Gasteiger partial charge is 1.00 e. The molecule has 68 heavy (non-hydrogen) atoms. The van der Waals surface area contributed by atoms with Gasteiger partial charge >= 0.3 is 11.9 Å². The highest BCUT2D eigenvalue weighted by molar-refractivity contribution is 8.01. The molecule has 0 aliphatic heterocycles. The predicted octanol–water partition coefficient (Wildman–Crippen LogP) is 6.17. The molecule has 0 aliphatic carbocycles. The number of thiophene rings is 2. The van der Waals surface area contributed by atoms with Crippen molar-refractivity contribution < 1.29 is 85.7 Å². The van der Waals surface area contributed by atoms with Gasteiger partial charge in [0.2, 0.25) is 22.9 Å². The number of ether oxygens (including phenoxy) is 2. The van der Waals surface area contributed by atoms with Gasteiger partial charge in [0, 0.05) is 54.9 Å². The van der Waals surface area contributed by atoms with Crippen molar-refractivity contribution >= 4 is 92.9 Å². The molecule has 0 saturated heterocycles. The van der Waals surface area contributed by atoms with Crippen molar-refractivity contribution in [3.8, 4) is 11.4 Å². The van der Waals surface area contributed by atoms with E-state index in [4.69, 9.17) is 32.7 Å². The molecule has 7 rings (SSSR count). The highest BCUT2D eigenvalue weighted by atomic mass is 127. The zero-order chi connectivity index (χ0) is 47.1. The lowest BCUT2D eigenvalue weighted by molar-refractivity contribution is -0.599. The van der Waals surface area contributed by atoms with E-state index in [2.05, 4.69) is 24.3 Å². The summed E-state index contributed by atoms with van der Waals surface area (Å²) in [5.74, 6) is -0.117. The Kier molecular flexibility index (Phi) is 20.7. The van der Waals surface area contributed by atoms with Gasteiger partial charge in [0.1, 0.15) is 8.42 Å². The molecule has 4 aromatic heterocycles. The zero-order valence-electron chi connectivity index (χ0n) is 38.1. The van der Waals surface area contributed by atoms with E-state index in [1.807, 2.05) is 73.7 Å². The zero-order valence-corrected chi connectivity index (χ0v) is 47.2. The summed E-state index contributed by atoms with van der Waals surface area (Å²) in [7, 11) is 0. The number of nitrogens with zero attached hydrogens (tertiary/aromatic N) is 2. The molecule has 0 spiro atoms. The van der Waals surface area contributed by atoms with Gasteiger partial charge in [-0.3, -0.25) is 19.2 Å². The van der Waals surface area contributed by atoms with Gasteiger partial charge in [-0.25, -0.2) is 0 Å². The number of halogens is 4. The van der Waals surface area contributed by atoms with Crippen LogP contribution in [0.5, 0.6) is 0 Å². The van der Waals surface area contributed by atoms with E-state index >= 15 is 0 Å². The fourth-order valence-electron chi connectivity index (χ4n) is 7.66. The minimum absolute atomic E-state index is 0. The third-order valence-electron chi connectivity index (χ3n) is 10.4. The maximum absolute atomic E-state index is 14.4. The van der Waals surface area contributed by atoms with Crippen LogP contribution in [0.2, 0.25) is 10.0 Å². The van der Waals surface area contributed by atoms with E-state index in [0.29, 0.717) is 53.6 Å². The first-order chi connectivity index (χ1) is 31.7. The van der Waals surface area contributed by atoms with Crippen molar-refractivity contribution in [1.82, 2.24) is 0 Å². The first-order valence-corrected chi connectivity index (χ1v) is 25.6. The van der Waals surface area contributed by atoms with Gasteiger partial charge in [-0.2, -0.15) is 9.13 Å². The minimum Gasteiger partial charge on any atom is -1.00 e. The fraction of sp³-hybridized carbons (Fsp3) is 0.231. The molecule has 0 N–H and O–H groups in total.